The molecule has 2 aromatic carbocycles. The second kappa shape index (κ2) is 9.87. The third kappa shape index (κ3) is 4.41. The molecule has 0 saturated carbocycles. The average molecular weight is 460 g/mol. The Kier molecular flexibility index (Phi) is 6.72. The minimum absolute atomic E-state index is 0.0249. The van der Waals surface area contributed by atoms with Crippen LogP contribution in [0.3, 0.4) is 0 Å². The van der Waals surface area contributed by atoms with Crippen molar-refractivity contribution in [3.63, 3.8) is 0 Å². The van der Waals surface area contributed by atoms with Crippen LogP contribution in [0.2, 0.25) is 0 Å². The molecule has 0 bridgehead atoms. The number of pyridine rings is 1. The molecule has 174 valence electrons. The number of Topliss-reactive ketones (excluding diaryl/α,β-unsaturated/α-hetero) is 1. The number of halogens is 1. The number of nitrogens with zero attached hydrogens (tertiary/aromatic N) is 3. The molecule has 6 nitrogen and oxygen atoms in total. The van der Waals surface area contributed by atoms with Crippen molar-refractivity contribution < 1.29 is 19.1 Å². The molecule has 1 N–H and O–H groups in total. The maximum absolute atomic E-state index is 13.4. The van der Waals surface area contributed by atoms with Crippen molar-refractivity contribution in [2.24, 2.45) is 0 Å². The Balaban J connectivity index is 1.82. The molecule has 1 aliphatic rings. The Morgan fingerprint density at radius 3 is 2.26 bits per heavy atom. The summed E-state index contributed by atoms with van der Waals surface area (Å²) in [5.41, 5.74) is 2.57. The quantitative estimate of drug-likeness (QED) is 0.315. The van der Waals surface area contributed by atoms with Gasteiger partial charge in [0.1, 0.15) is 11.6 Å². The highest BCUT2D eigenvalue weighted by Gasteiger charge is 2.46. The zero-order valence-corrected chi connectivity index (χ0v) is 19.1. The minimum Gasteiger partial charge on any atom is -0.507 e. The molecule has 1 amide bonds. The molecular weight excluding hydrogens is 433 g/mol. The number of likely N-dealkylation sites (tertiary alicyclic amines) is 1. The summed E-state index contributed by atoms with van der Waals surface area (Å²) in [6.45, 7) is 5.94. The normalized spacial score (nSPS) is 17.3. The molecule has 0 spiro atoms. The maximum Gasteiger partial charge on any atom is 0.296 e. The molecule has 0 radical (unpaired) electrons. The van der Waals surface area contributed by atoms with E-state index in [-0.39, 0.29) is 23.4 Å². The Labute approximate surface area is 198 Å². The first-order chi connectivity index (χ1) is 16.4. The molecule has 1 aromatic heterocycles. The van der Waals surface area contributed by atoms with Crippen molar-refractivity contribution in [1.29, 1.82) is 0 Å². The lowest BCUT2D eigenvalue weighted by Gasteiger charge is -2.26. The SMILES string of the molecule is CCN(CC)c1ccc(C2/C(=C(/O)c3ccc(F)cc3)C(=O)C(=O)N2Cc2ccccn2)cc1. The fourth-order valence-electron chi connectivity index (χ4n) is 4.28. The molecule has 34 heavy (non-hydrogen) atoms. The van der Waals surface area contributed by atoms with Gasteiger partial charge in [0.15, 0.2) is 0 Å². The zero-order valence-electron chi connectivity index (χ0n) is 19.1. The number of carbonyl (C=O) groups excluding carboxylic acids is 2. The van der Waals surface area contributed by atoms with E-state index >= 15 is 0 Å². The van der Waals surface area contributed by atoms with E-state index < -0.39 is 23.5 Å². The maximum atomic E-state index is 13.4. The van der Waals surface area contributed by atoms with Crippen LogP contribution in [0.25, 0.3) is 5.76 Å². The van der Waals surface area contributed by atoms with E-state index in [1.807, 2.05) is 30.3 Å². The number of amides is 1. The number of ketones is 1. The molecular formula is C27H26FN3O3. The molecule has 0 aliphatic carbocycles. The molecule has 7 heteroatoms. The van der Waals surface area contributed by atoms with Crippen LogP contribution >= 0.6 is 0 Å². The molecule has 2 heterocycles. The third-order valence-electron chi connectivity index (χ3n) is 6.05. The van der Waals surface area contributed by atoms with Crippen LogP contribution < -0.4 is 4.90 Å². The minimum atomic E-state index is -0.808. The topological polar surface area (TPSA) is 73.7 Å². The van der Waals surface area contributed by atoms with E-state index in [0.717, 1.165) is 18.8 Å². The number of benzene rings is 2. The van der Waals surface area contributed by atoms with Crippen molar-refractivity contribution >= 4 is 23.1 Å². The van der Waals surface area contributed by atoms with Crippen LogP contribution in [0.15, 0.2) is 78.5 Å². The third-order valence-corrected chi connectivity index (χ3v) is 6.05. The lowest BCUT2D eigenvalue weighted by molar-refractivity contribution is -0.140. The molecule has 4 rings (SSSR count). The number of aliphatic hydroxyl groups excluding tert-OH is 1. The summed E-state index contributed by atoms with van der Waals surface area (Å²) in [5, 5.41) is 11.1. The van der Waals surface area contributed by atoms with E-state index in [0.29, 0.717) is 11.3 Å². The summed E-state index contributed by atoms with van der Waals surface area (Å²) in [4.78, 5) is 34.1. The van der Waals surface area contributed by atoms with E-state index in [4.69, 9.17) is 0 Å². The Bertz CT molecular complexity index is 1200. The van der Waals surface area contributed by atoms with Gasteiger partial charge in [-0.05, 0) is 67.9 Å². The molecule has 3 aromatic rings. The Morgan fingerprint density at radius 1 is 1.00 bits per heavy atom. The molecule has 1 saturated heterocycles. The fourth-order valence-corrected chi connectivity index (χ4v) is 4.28. The van der Waals surface area contributed by atoms with E-state index in [2.05, 4.69) is 23.7 Å². The molecule has 1 unspecified atom stereocenters. The van der Waals surface area contributed by atoms with Crippen LogP contribution in [0, 0.1) is 5.82 Å². The second-order valence-corrected chi connectivity index (χ2v) is 8.02. The zero-order chi connectivity index (χ0) is 24.2. The lowest BCUT2D eigenvalue weighted by Crippen LogP contribution is -2.29. The standard InChI is InChI=1S/C27H26FN3O3/c1-3-30(4-2)22-14-10-18(11-15-22)24-23(25(32)19-8-12-20(28)13-9-19)26(33)27(34)31(24)17-21-7-5-6-16-29-21/h5-16,24,32H,3-4,17H2,1-2H3/b25-23-. The smallest absolute Gasteiger partial charge is 0.296 e. The predicted octanol–water partition coefficient (Wildman–Crippen LogP) is 4.69. The summed E-state index contributed by atoms with van der Waals surface area (Å²) < 4.78 is 13.4. The Hall–Kier alpha value is -4.00. The van der Waals surface area contributed by atoms with Gasteiger partial charge in [-0.3, -0.25) is 14.6 Å². The highest BCUT2D eigenvalue weighted by atomic mass is 19.1. The fraction of sp³-hybridized carbons (Fsp3) is 0.222. The van der Waals surface area contributed by atoms with Crippen LogP contribution in [-0.4, -0.2) is 39.8 Å². The highest BCUT2D eigenvalue weighted by molar-refractivity contribution is 6.46. The number of anilines is 1. The van der Waals surface area contributed by atoms with Crippen LogP contribution in [0.5, 0.6) is 0 Å². The molecule has 1 fully saturated rings. The summed E-state index contributed by atoms with van der Waals surface area (Å²) in [5.74, 6) is -2.29. The number of aromatic nitrogens is 1. The van der Waals surface area contributed by atoms with Gasteiger partial charge in [-0.15, -0.1) is 0 Å². The summed E-state index contributed by atoms with van der Waals surface area (Å²) >= 11 is 0. The van der Waals surface area contributed by atoms with Crippen molar-refractivity contribution in [2.45, 2.75) is 26.4 Å². The first-order valence-corrected chi connectivity index (χ1v) is 11.2. The van der Waals surface area contributed by atoms with Crippen molar-refractivity contribution in [3.8, 4) is 0 Å². The number of carbonyl (C=O) groups is 2. The number of rotatable bonds is 7. The highest BCUT2D eigenvalue weighted by Crippen LogP contribution is 2.40. The largest absolute Gasteiger partial charge is 0.507 e. The number of hydrogen-bond acceptors (Lipinski definition) is 5. The second-order valence-electron chi connectivity index (χ2n) is 8.02. The van der Waals surface area contributed by atoms with E-state index in [1.165, 1.54) is 29.2 Å². The van der Waals surface area contributed by atoms with Crippen molar-refractivity contribution in [3.05, 3.63) is 101 Å². The van der Waals surface area contributed by atoms with Crippen LogP contribution in [0.1, 0.15) is 36.7 Å². The van der Waals surface area contributed by atoms with Crippen molar-refractivity contribution in [1.82, 2.24) is 9.88 Å². The van der Waals surface area contributed by atoms with E-state index in [9.17, 15) is 19.1 Å². The van der Waals surface area contributed by atoms with Gasteiger partial charge in [0.25, 0.3) is 11.7 Å². The van der Waals surface area contributed by atoms with Crippen LogP contribution in [-0.2, 0) is 16.1 Å². The molecule has 1 aliphatic heterocycles. The van der Waals surface area contributed by atoms with Gasteiger partial charge in [-0.25, -0.2) is 4.39 Å². The van der Waals surface area contributed by atoms with Gasteiger partial charge in [-0.1, -0.05) is 18.2 Å². The average Bonchev–Trinajstić information content (AvgIpc) is 3.11. The molecule has 1 atom stereocenters. The first kappa shape index (κ1) is 23.2. The van der Waals surface area contributed by atoms with Gasteiger partial charge >= 0.3 is 0 Å². The number of aliphatic hydroxyl groups is 1. The summed E-state index contributed by atoms with van der Waals surface area (Å²) in [6, 6.07) is 17.4. The number of hydrogen-bond donors (Lipinski definition) is 1. The van der Waals surface area contributed by atoms with Gasteiger partial charge < -0.3 is 14.9 Å². The van der Waals surface area contributed by atoms with Gasteiger partial charge in [0.05, 0.1) is 23.9 Å². The van der Waals surface area contributed by atoms with Gasteiger partial charge in [-0.2, -0.15) is 0 Å². The van der Waals surface area contributed by atoms with Crippen LogP contribution in [0.4, 0.5) is 10.1 Å². The monoisotopic (exact) mass is 459 g/mol. The van der Waals surface area contributed by atoms with Crippen molar-refractivity contribution in [2.75, 3.05) is 18.0 Å². The predicted molar refractivity (Wildman–Crippen MR) is 128 cm³/mol. The van der Waals surface area contributed by atoms with Gasteiger partial charge in [0, 0.05) is 30.5 Å². The summed E-state index contributed by atoms with van der Waals surface area (Å²) in [6.07, 6.45) is 1.62. The van der Waals surface area contributed by atoms with E-state index in [1.54, 1.807) is 18.3 Å². The Morgan fingerprint density at radius 2 is 1.68 bits per heavy atom. The first-order valence-electron chi connectivity index (χ1n) is 11.2. The van der Waals surface area contributed by atoms with Gasteiger partial charge in [0.2, 0.25) is 0 Å². The lowest BCUT2D eigenvalue weighted by atomic mass is 9.95. The summed E-state index contributed by atoms with van der Waals surface area (Å²) in [7, 11) is 0.